The molecule has 148 valence electrons. The molecule has 1 spiro atoms. The predicted octanol–water partition coefficient (Wildman–Crippen LogP) is 4.17. The molecule has 4 nitrogen and oxygen atoms in total. The van der Waals surface area contributed by atoms with Gasteiger partial charge in [0.15, 0.2) is 5.79 Å². The third-order valence-corrected chi connectivity index (χ3v) is 9.02. The lowest BCUT2D eigenvalue weighted by Crippen LogP contribution is -2.56. The minimum atomic E-state index is -0.435. The lowest BCUT2D eigenvalue weighted by Gasteiger charge is -2.51. The highest BCUT2D eigenvalue weighted by atomic mass is 16.7. The maximum atomic E-state index is 12.5. The molecule has 5 atom stereocenters. The highest BCUT2D eigenvalue weighted by Crippen LogP contribution is 2.73. The number of ketones is 1. The summed E-state index contributed by atoms with van der Waals surface area (Å²) >= 11 is 0. The topological polar surface area (TPSA) is 48.1 Å². The van der Waals surface area contributed by atoms with Crippen LogP contribution in [0, 0.1) is 22.7 Å². The van der Waals surface area contributed by atoms with E-state index in [2.05, 4.69) is 26.8 Å². The summed E-state index contributed by atoms with van der Waals surface area (Å²) in [5.74, 6) is 1.13. The first-order valence-electron chi connectivity index (χ1n) is 11.0. The van der Waals surface area contributed by atoms with Crippen LogP contribution in [0.1, 0.15) is 72.1 Å². The smallest absolute Gasteiger partial charge is 0.171 e. The molecule has 2 aliphatic heterocycles. The van der Waals surface area contributed by atoms with E-state index in [4.69, 9.17) is 14.2 Å². The third kappa shape index (κ3) is 2.03. The third-order valence-electron chi connectivity index (χ3n) is 9.02. The summed E-state index contributed by atoms with van der Waals surface area (Å²) in [7, 11) is 0. The molecule has 6 aliphatic rings. The zero-order chi connectivity index (χ0) is 18.7. The molecule has 4 heteroatoms. The second-order valence-corrected chi connectivity index (χ2v) is 11.2. The maximum Gasteiger partial charge on any atom is 0.171 e. The van der Waals surface area contributed by atoms with Gasteiger partial charge in [0.2, 0.25) is 0 Å². The van der Waals surface area contributed by atoms with Crippen molar-refractivity contribution in [3.63, 3.8) is 0 Å². The van der Waals surface area contributed by atoms with Crippen molar-refractivity contribution in [1.82, 2.24) is 0 Å². The van der Waals surface area contributed by atoms with Crippen LogP contribution in [0.3, 0.4) is 0 Å². The number of Topliss-reactive ketones (excluding diaryl/α,β-unsaturated/α-hetero) is 1. The lowest BCUT2D eigenvalue weighted by atomic mass is 9.54. The van der Waals surface area contributed by atoms with Gasteiger partial charge in [0, 0.05) is 30.1 Å². The maximum absolute atomic E-state index is 12.5. The van der Waals surface area contributed by atoms with E-state index >= 15 is 0 Å². The van der Waals surface area contributed by atoms with Crippen molar-refractivity contribution in [2.24, 2.45) is 22.7 Å². The van der Waals surface area contributed by atoms with E-state index in [0.717, 1.165) is 64.6 Å². The van der Waals surface area contributed by atoms with Crippen molar-refractivity contribution >= 4 is 5.78 Å². The Morgan fingerprint density at radius 3 is 2.59 bits per heavy atom. The van der Waals surface area contributed by atoms with Crippen LogP contribution in [0.4, 0.5) is 0 Å². The van der Waals surface area contributed by atoms with Gasteiger partial charge < -0.3 is 14.2 Å². The van der Waals surface area contributed by atoms with Gasteiger partial charge in [-0.05, 0) is 49.5 Å². The second-order valence-electron chi connectivity index (χ2n) is 11.2. The van der Waals surface area contributed by atoms with Gasteiger partial charge in [0.05, 0.1) is 13.2 Å². The average molecular weight is 373 g/mol. The number of epoxide rings is 1. The molecule has 0 unspecified atom stereocenters. The van der Waals surface area contributed by atoms with Gasteiger partial charge in [0.25, 0.3) is 0 Å². The molecule has 0 bridgehead atoms. The first-order valence-corrected chi connectivity index (χ1v) is 11.0. The van der Waals surface area contributed by atoms with Gasteiger partial charge >= 0.3 is 0 Å². The lowest BCUT2D eigenvalue weighted by molar-refractivity contribution is -0.313. The van der Waals surface area contributed by atoms with E-state index in [1.807, 2.05) is 0 Å². The van der Waals surface area contributed by atoms with Crippen LogP contribution in [-0.2, 0) is 19.0 Å². The Bertz CT molecular complexity index is 743. The molecule has 0 radical (unpaired) electrons. The average Bonchev–Trinajstić information content (AvgIpc) is 3.23. The van der Waals surface area contributed by atoms with E-state index in [0.29, 0.717) is 17.6 Å². The summed E-state index contributed by atoms with van der Waals surface area (Å²) in [6.07, 6.45) is 10.2. The minimum Gasteiger partial charge on any atom is -0.358 e. The van der Waals surface area contributed by atoms with Gasteiger partial charge in [-0.15, -0.1) is 0 Å². The zero-order valence-corrected chi connectivity index (χ0v) is 16.9. The number of hydrogen-bond acceptors (Lipinski definition) is 4. The Hall–Kier alpha value is -0.710. The van der Waals surface area contributed by atoms with Crippen LogP contribution >= 0.6 is 0 Å². The fourth-order valence-electron chi connectivity index (χ4n) is 7.35. The molecular weight excluding hydrogens is 340 g/mol. The Morgan fingerprint density at radius 2 is 1.81 bits per heavy atom. The summed E-state index contributed by atoms with van der Waals surface area (Å²) in [4.78, 5) is 12.5. The summed E-state index contributed by atoms with van der Waals surface area (Å²) in [5, 5.41) is 0. The molecule has 0 aromatic rings. The van der Waals surface area contributed by atoms with E-state index < -0.39 is 5.79 Å². The van der Waals surface area contributed by atoms with Gasteiger partial charge in [0.1, 0.15) is 17.0 Å². The SMILES string of the molecule is CC1(C)COC2(CC[C@]34O[C@]3(CC[C@@H]3C4=CC[C@]4(C)C(=O)CC[C@@H]34)C2)OC1. The summed E-state index contributed by atoms with van der Waals surface area (Å²) in [6.45, 7) is 8.16. The predicted molar refractivity (Wildman–Crippen MR) is 100 cm³/mol. The number of hydrogen-bond donors (Lipinski definition) is 0. The van der Waals surface area contributed by atoms with Crippen LogP contribution in [0.2, 0.25) is 0 Å². The van der Waals surface area contributed by atoms with Crippen molar-refractivity contribution < 1.29 is 19.0 Å². The summed E-state index contributed by atoms with van der Waals surface area (Å²) < 4.78 is 19.3. The number of allylic oxidation sites excluding steroid dienone is 1. The van der Waals surface area contributed by atoms with Crippen molar-refractivity contribution in [2.45, 2.75) is 89.1 Å². The van der Waals surface area contributed by atoms with E-state index in [1.54, 1.807) is 0 Å². The molecule has 2 saturated heterocycles. The molecule has 3 saturated carbocycles. The molecule has 0 aromatic carbocycles. The highest BCUT2D eigenvalue weighted by molar-refractivity contribution is 5.87. The first-order chi connectivity index (χ1) is 12.7. The molecular formula is C23H32O4. The molecule has 4 aliphatic carbocycles. The van der Waals surface area contributed by atoms with Crippen LogP contribution in [0.15, 0.2) is 11.6 Å². The van der Waals surface area contributed by atoms with Crippen LogP contribution in [0.5, 0.6) is 0 Å². The monoisotopic (exact) mass is 372 g/mol. The Morgan fingerprint density at radius 1 is 1.04 bits per heavy atom. The van der Waals surface area contributed by atoms with Crippen LogP contribution < -0.4 is 0 Å². The largest absolute Gasteiger partial charge is 0.358 e. The molecule has 6 rings (SSSR count). The number of fused-ring (bicyclic) bond motifs is 3. The Labute approximate surface area is 162 Å². The van der Waals surface area contributed by atoms with Crippen molar-refractivity contribution in [1.29, 1.82) is 0 Å². The minimum absolute atomic E-state index is 0.0756. The Kier molecular flexibility index (Phi) is 3.10. The summed E-state index contributed by atoms with van der Waals surface area (Å²) in [5.41, 5.74) is 1.37. The standard InChI is InChI=1S/C23H32O4/c1-19(2)13-25-22(26-14-19)10-11-23-17-7-8-20(3)16(4-5-18(20)24)15(17)6-9-21(23,12-22)27-23/h7,15-16H,4-6,8-14H2,1-3H3/t15-,16-,20-,21+,23+/m0/s1. The van der Waals surface area contributed by atoms with Gasteiger partial charge in [-0.25, -0.2) is 0 Å². The van der Waals surface area contributed by atoms with Crippen molar-refractivity contribution in [2.75, 3.05) is 13.2 Å². The zero-order valence-electron chi connectivity index (χ0n) is 16.9. The van der Waals surface area contributed by atoms with Crippen molar-refractivity contribution in [3.8, 4) is 0 Å². The number of carbonyl (C=O) groups excluding carboxylic acids is 1. The number of ether oxygens (including phenoxy) is 3. The molecule has 5 fully saturated rings. The normalized spacial score (nSPS) is 51.7. The van der Waals surface area contributed by atoms with Crippen molar-refractivity contribution in [3.05, 3.63) is 11.6 Å². The van der Waals surface area contributed by atoms with E-state index in [9.17, 15) is 4.79 Å². The number of carbonyl (C=O) groups is 1. The van der Waals surface area contributed by atoms with Crippen LogP contribution in [0.25, 0.3) is 0 Å². The Balaban J connectivity index is 1.29. The molecule has 0 aromatic heterocycles. The molecule has 2 heterocycles. The van der Waals surface area contributed by atoms with E-state index in [1.165, 1.54) is 5.57 Å². The first kappa shape index (κ1) is 17.2. The van der Waals surface area contributed by atoms with Crippen LogP contribution in [-0.4, -0.2) is 36.0 Å². The van der Waals surface area contributed by atoms with Gasteiger partial charge in [-0.3, -0.25) is 4.79 Å². The van der Waals surface area contributed by atoms with Gasteiger partial charge in [-0.2, -0.15) is 0 Å². The quantitative estimate of drug-likeness (QED) is 0.473. The van der Waals surface area contributed by atoms with E-state index in [-0.39, 0.29) is 22.0 Å². The molecule has 0 amide bonds. The summed E-state index contributed by atoms with van der Waals surface area (Å²) in [6, 6.07) is 0. The molecule has 27 heavy (non-hydrogen) atoms. The fraction of sp³-hybridized carbons (Fsp3) is 0.870. The number of rotatable bonds is 0. The highest BCUT2D eigenvalue weighted by Gasteiger charge is 2.79. The second kappa shape index (κ2) is 4.88. The van der Waals surface area contributed by atoms with Gasteiger partial charge in [-0.1, -0.05) is 26.8 Å². The fourth-order valence-corrected chi connectivity index (χ4v) is 7.35. The molecule has 0 N–H and O–H groups in total.